The van der Waals surface area contributed by atoms with E-state index in [1.165, 1.54) is 0 Å². The van der Waals surface area contributed by atoms with Crippen LogP contribution in [0.3, 0.4) is 0 Å². The Kier molecular flexibility index (Phi) is 5.56. The topological polar surface area (TPSA) is 36.9 Å². The minimum Gasteiger partial charge on any atom is -0.502 e. The lowest BCUT2D eigenvalue weighted by atomic mass is 10.1. The minimum absolute atomic E-state index is 0.156. The summed E-state index contributed by atoms with van der Waals surface area (Å²) in [5.74, 6) is 0. The van der Waals surface area contributed by atoms with Crippen LogP contribution >= 0.6 is 0 Å². The second-order valence-electron chi connectivity index (χ2n) is 2.88. The Bertz CT molecular complexity index is 141. The van der Waals surface area contributed by atoms with Gasteiger partial charge in [-0.15, -0.1) is 0 Å². The third-order valence-corrected chi connectivity index (χ3v) is 1.77. The molecule has 76 valence electrons. The zero-order valence-electron chi connectivity index (χ0n) is 7.90. The van der Waals surface area contributed by atoms with E-state index in [-0.39, 0.29) is 6.10 Å². The lowest BCUT2D eigenvalue weighted by Gasteiger charge is -2.19. The lowest BCUT2D eigenvalue weighted by molar-refractivity contribution is -0.549. The Balaban J connectivity index is 1.92. The van der Waals surface area contributed by atoms with Crippen LogP contribution in [0, 0.1) is 0 Å². The second kappa shape index (κ2) is 6.88. The molecule has 1 heterocycles. The van der Waals surface area contributed by atoms with Crippen molar-refractivity contribution in [2.75, 3.05) is 13.2 Å². The summed E-state index contributed by atoms with van der Waals surface area (Å²) in [7, 11) is 0. The second-order valence-corrected chi connectivity index (χ2v) is 2.88. The van der Waals surface area contributed by atoms with Gasteiger partial charge in [0.1, 0.15) is 0 Å². The number of ether oxygens (including phenoxy) is 1. The van der Waals surface area contributed by atoms with Crippen molar-refractivity contribution in [1.29, 1.82) is 0 Å². The summed E-state index contributed by atoms with van der Waals surface area (Å²) in [6.45, 7) is 3.26. The molecule has 0 saturated carbocycles. The fraction of sp³-hybridized carbons (Fsp3) is 0.778. The maximum absolute atomic E-state index is 5.17. The van der Waals surface area contributed by atoms with Crippen LogP contribution in [0.15, 0.2) is 12.3 Å². The molecule has 0 aliphatic carbocycles. The Morgan fingerprint density at radius 1 is 1.54 bits per heavy atom. The van der Waals surface area contributed by atoms with Crippen LogP contribution in [0.1, 0.15) is 26.2 Å². The van der Waals surface area contributed by atoms with Gasteiger partial charge < -0.3 is 4.74 Å². The van der Waals surface area contributed by atoms with Crippen LogP contribution in [0.4, 0.5) is 0 Å². The summed E-state index contributed by atoms with van der Waals surface area (Å²) in [5, 5.41) is 4.41. The van der Waals surface area contributed by atoms with Crippen molar-refractivity contribution in [3.8, 4) is 0 Å². The van der Waals surface area contributed by atoms with Crippen molar-refractivity contribution in [1.82, 2.24) is 0 Å². The van der Waals surface area contributed by atoms with Crippen molar-refractivity contribution >= 4 is 0 Å². The standard InChI is InChI=1S/C9H16O4/c1-2-6-10-7-3-4-9-5-8-11-13-12-9/h2,6,9H,3-5,7-8H2,1H3. The molecule has 13 heavy (non-hydrogen) atoms. The van der Waals surface area contributed by atoms with Crippen molar-refractivity contribution < 1.29 is 19.6 Å². The van der Waals surface area contributed by atoms with Crippen molar-refractivity contribution in [2.24, 2.45) is 0 Å². The molecule has 0 N–H and O–H groups in total. The van der Waals surface area contributed by atoms with Crippen LogP contribution in [-0.2, 0) is 19.6 Å². The van der Waals surface area contributed by atoms with Gasteiger partial charge in [-0.3, -0.25) is 0 Å². The summed E-state index contributed by atoms with van der Waals surface area (Å²) >= 11 is 0. The van der Waals surface area contributed by atoms with E-state index in [0.717, 1.165) is 25.9 Å². The van der Waals surface area contributed by atoms with E-state index in [1.807, 2.05) is 13.0 Å². The Morgan fingerprint density at radius 2 is 2.46 bits per heavy atom. The molecule has 0 aromatic carbocycles. The van der Waals surface area contributed by atoms with Gasteiger partial charge in [0.2, 0.25) is 0 Å². The molecule has 0 bridgehead atoms. The Hall–Kier alpha value is -0.580. The molecule has 0 amide bonds. The number of hydrogen-bond acceptors (Lipinski definition) is 4. The number of hydrogen-bond donors (Lipinski definition) is 0. The molecule has 0 spiro atoms. The van der Waals surface area contributed by atoms with Gasteiger partial charge >= 0.3 is 0 Å². The number of allylic oxidation sites excluding steroid dienone is 1. The quantitative estimate of drug-likeness (QED) is 0.375. The fourth-order valence-electron chi connectivity index (χ4n) is 1.10. The van der Waals surface area contributed by atoms with Gasteiger partial charge in [0.25, 0.3) is 0 Å². The number of rotatable bonds is 5. The van der Waals surface area contributed by atoms with E-state index < -0.39 is 0 Å². The summed E-state index contributed by atoms with van der Waals surface area (Å²) in [4.78, 5) is 9.47. The maximum Gasteiger partial charge on any atom is 0.0985 e. The van der Waals surface area contributed by atoms with Crippen LogP contribution < -0.4 is 0 Å². The fourth-order valence-corrected chi connectivity index (χ4v) is 1.10. The van der Waals surface area contributed by atoms with E-state index in [2.05, 4.69) is 9.93 Å². The molecular formula is C9H16O4. The first kappa shape index (κ1) is 10.5. The SMILES string of the molecule is CC=COCCCC1CCOOO1. The predicted molar refractivity (Wildman–Crippen MR) is 46.5 cm³/mol. The highest BCUT2D eigenvalue weighted by Gasteiger charge is 2.15. The van der Waals surface area contributed by atoms with Gasteiger partial charge in [-0.1, -0.05) is 11.1 Å². The monoisotopic (exact) mass is 188 g/mol. The highest BCUT2D eigenvalue weighted by molar-refractivity contribution is 4.65. The van der Waals surface area contributed by atoms with Crippen LogP contribution in [-0.4, -0.2) is 19.3 Å². The molecule has 0 radical (unpaired) electrons. The van der Waals surface area contributed by atoms with Gasteiger partial charge in [-0.2, -0.15) is 0 Å². The summed E-state index contributed by atoms with van der Waals surface area (Å²) in [6, 6.07) is 0. The van der Waals surface area contributed by atoms with Crippen molar-refractivity contribution in [3.63, 3.8) is 0 Å². The van der Waals surface area contributed by atoms with Gasteiger partial charge in [-0.05, 0) is 19.8 Å². The van der Waals surface area contributed by atoms with E-state index in [0.29, 0.717) is 6.61 Å². The van der Waals surface area contributed by atoms with E-state index in [9.17, 15) is 0 Å². The highest BCUT2D eigenvalue weighted by Crippen LogP contribution is 2.12. The van der Waals surface area contributed by atoms with E-state index >= 15 is 0 Å². The van der Waals surface area contributed by atoms with Gasteiger partial charge in [0.15, 0.2) is 0 Å². The summed E-state index contributed by atoms with van der Waals surface area (Å²) in [5.41, 5.74) is 0. The first-order valence-corrected chi connectivity index (χ1v) is 4.61. The molecule has 0 aromatic rings. The normalized spacial score (nSPS) is 23.6. The van der Waals surface area contributed by atoms with Gasteiger partial charge in [0.05, 0.1) is 25.6 Å². The average Bonchev–Trinajstić information content (AvgIpc) is 2.19. The maximum atomic E-state index is 5.17. The zero-order chi connectivity index (χ0) is 9.36. The van der Waals surface area contributed by atoms with Gasteiger partial charge in [-0.25, -0.2) is 9.78 Å². The molecule has 1 unspecified atom stereocenters. The first-order valence-electron chi connectivity index (χ1n) is 4.61. The zero-order valence-corrected chi connectivity index (χ0v) is 7.90. The van der Waals surface area contributed by atoms with Gasteiger partial charge in [0, 0.05) is 6.42 Å². The molecule has 1 fully saturated rings. The summed E-state index contributed by atoms with van der Waals surface area (Å²) in [6.07, 6.45) is 6.53. The van der Waals surface area contributed by atoms with Crippen LogP contribution in [0.2, 0.25) is 0 Å². The van der Waals surface area contributed by atoms with Crippen LogP contribution in [0.5, 0.6) is 0 Å². The van der Waals surface area contributed by atoms with Crippen molar-refractivity contribution in [3.05, 3.63) is 12.3 Å². The Labute approximate surface area is 78.3 Å². The van der Waals surface area contributed by atoms with E-state index in [1.54, 1.807) is 6.26 Å². The van der Waals surface area contributed by atoms with E-state index in [4.69, 9.17) is 9.62 Å². The first-order chi connectivity index (χ1) is 6.43. The highest BCUT2D eigenvalue weighted by atomic mass is 17.5. The average molecular weight is 188 g/mol. The molecule has 1 atom stereocenters. The molecule has 0 aromatic heterocycles. The predicted octanol–water partition coefficient (Wildman–Crippen LogP) is 1.97. The molecule has 1 aliphatic heterocycles. The molecule has 1 rings (SSSR count). The molecule has 1 saturated heterocycles. The summed E-state index contributed by atoms with van der Waals surface area (Å²) < 4.78 is 5.17. The smallest absolute Gasteiger partial charge is 0.0985 e. The molecule has 4 heteroatoms. The largest absolute Gasteiger partial charge is 0.502 e. The lowest BCUT2D eigenvalue weighted by Crippen LogP contribution is -2.22. The molecule has 4 nitrogen and oxygen atoms in total. The van der Waals surface area contributed by atoms with Crippen LogP contribution in [0.25, 0.3) is 0 Å². The molecule has 1 aliphatic rings. The third-order valence-electron chi connectivity index (χ3n) is 1.77. The minimum atomic E-state index is 0.156. The molecular weight excluding hydrogens is 172 g/mol. The van der Waals surface area contributed by atoms with Crippen molar-refractivity contribution in [2.45, 2.75) is 32.3 Å². The Morgan fingerprint density at radius 3 is 3.15 bits per heavy atom. The third kappa shape index (κ3) is 4.87.